The Morgan fingerprint density at radius 2 is 1.70 bits per heavy atom. The zero-order valence-corrected chi connectivity index (χ0v) is 13.2. The fourth-order valence-corrected chi connectivity index (χ4v) is 2.43. The summed E-state index contributed by atoms with van der Waals surface area (Å²) in [4.78, 5) is 0. The average Bonchev–Trinajstić information content (AvgIpc) is 2.54. The van der Waals surface area contributed by atoms with Gasteiger partial charge in [-0.3, -0.25) is 0 Å². The van der Waals surface area contributed by atoms with E-state index in [1.54, 1.807) is 19.1 Å². The predicted molar refractivity (Wildman–Crippen MR) is 79.2 cm³/mol. The van der Waals surface area contributed by atoms with Gasteiger partial charge in [0.2, 0.25) is 0 Å². The lowest BCUT2D eigenvalue weighted by atomic mass is 9.74. The normalized spacial score (nSPS) is 22.1. The summed E-state index contributed by atoms with van der Waals surface area (Å²) in [5.74, 6) is -1.18. The first-order valence-electron chi connectivity index (χ1n) is 6.62. The average molecular weight is 300 g/mol. The number of hydrogen-bond donors (Lipinski definition) is 1. The second kappa shape index (κ2) is 4.99. The van der Waals surface area contributed by atoms with Crippen LogP contribution in [0.5, 0.6) is 0 Å². The maximum Gasteiger partial charge on any atom is 0.480 e. The summed E-state index contributed by atoms with van der Waals surface area (Å²) in [6, 6.07) is 3.26. The highest BCUT2D eigenvalue weighted by atomic mass is 35.5. The van der Waals surface area contributed by atoms with Crippen molar-refractivity contribution in [3.8, 4) is 0 Å². The van der Waals surface area contributed by atoms with Crippen molar-refractivity contribution >= 4 is 18.7 Å². The fraction of sp³-hybridized carbons (Fsp3) is 0.571. The molecule has 3 nitrogen and oxygen atoms in total. The van der Waals surface area contributed by atoms with Gasteiger partial charge in [-0.25, -0.2) is 4.39 Å². The van der Waals surface area contributed by atoms with Gasteiger partial charge in [0.05, 0.1) is 17.1 Å². The van der Waals surface area contributed by atoms with E-state index in [9.17, 15) is 4.39 Å². The zero-order valence-electron chi connectivity index (χ0n) is 12.5. The van der Waals surface area contributed by atoms with Gasteiger partial charge in [0.1, 0.15) is 5.82 Å². The maximum atomic E-state index is 14.3. The second-order valence-electron chi connectivity index (χ2n) is 6.24. The van der Waals surface area contributed by atoms with Gasteiger partial charge in [-0.15, -0.1) is 0 Å². The maximum absolute atomic E-state index is 14.3. The van der Waals surface area contributed by atoms with E-state index in [1.807, 2.05) is 27.7 Å². The molecule has 1 aromatic carbocycles. The van der Waals surface area contributed by atoms with E-state index in [-0.39, 0.29) is 10.6 Å². The molecule has 0 radical (unpaired) electrons. The summed E-state index contributed by atoms with van der Waals surface area (Å²) in [5.41, 5.74) is 5.85. The highest BCUT2D eigenvalue weighted by Gasteiger charge is 2.54. The number of benzene rings is 1. The van der Waals surface area contributed by atoms with Gasteiger partial charge in [-0.1, -0.05) is 17.7 Å². The van der Waals surface area contributed by atoms with E-state index in [0.29, 0.717) is 5.56 Å². The van der Waals surface area contributed by atoms with Crippen LogP contribution in [0, 0.1) is 12.7 Å². The van der Waals surface area contributed by atoms with Crippen LogP contribution in [0.3, 0.4) is 0 Å². The van der Waals surface area contributed by atoms with Crippen molar-refractivity contribution in [3.05, 3.63) is 34.1 Å². The van der Waals surface area contributed by atoms with Gasteiger partial charge >= 0.3 is 7.12 Å². The second-order valence-corrected chi connectivity index (χ2v) is 6.65. The molecule has 1 fully saturated rings. The van der Waals surface area contributed by atoms with E-state index in [4.69, 9.17) is 26.6 Å². The van der Waals surface area contributed by atoms with Crippen LogP contribution in [0.1, 0.15) is 44.8 Å². The van der Waals surface area contributed by atoms with Crippen molar-refractivity contribution in [3.63, 3.8) is 0 Å². The molecule has 2 rings (SSSR count). The first-order valence-corrected chi connectivity index (χ1v) is 7.00. The summed E-state index contributed by atoms with van der Waals surface area (Å²) in [5, 5.41) is 0.287. The van der Waals surface area contributed by atoms with Crippen molar-refractivity contribution < 1.29 is 13.7 Å². The predicted octanol–water partition coefficient (Wildman–Crippen LogP) is 3.42. The third-order valence-corrected chi connectivity index (χ3v) is 4.55. The minimum absolute atomic E-state index is 0.241. The molecule has 1 saturated heterocycles. The Balaban J connectivity index is 2.35. The molecule has 0 aliphatic carbocycles. The van der Waals surface area contributed by atoms with Crippen LogP contribution in [0.2, 0.25) is 5.02 Å². The van der Waals surface area contributed by atoms with E-state index >= 15 is 0 Å². The molecule has 0 saturated carbocycles. The van der Waals surface area contributed by atoms with Crippen molar-refractivity contribution in [2.24, 2.45) is 5.73 Å². The first kappa shape index (κ1) is 15.8. The van der Waals surface area contributed by atoms with Gasteiger partial charge in [-0.05, 0) is 46.2 Å². The lowest BCUT2D eigenvalue weighted by Crippen LogP contribution is -2.41. The van der Waals surface area contributed by atoms with Gasteiger partial charge in [0.15, 0.2) is 0 Å². The van der Waals surface area contributed by atoms with Crippen molar-refractivity contribution in [2.45, 2.75) is 51.8 Å². The number of halogens is 2. The van der Waals surface area contributed by atoms with E-state index in [1.165, 1.54) is 0 Å². The van der Waals surface area contributed by atoms with Gasteiger partial charge in [0, 0.05) is 10.6 Å². The van der Waals surface area contributed by atoms with Crippen molar-refractivity contribution in [2.75, 3.05) is 0 Å². The minimum Gasteiger partial charge on any atom is -0.402 e. The molecule has 0 bridgehead atoms. The zero-order chi connectivity index (χ0) is 15.3. The van der Waals surface area contributed by atoms with Gasteiger partial charge in [-0.2, -0.15) is 0 Å². The Kier molecular flexibility index (Phi) is 3.93. The van der Waals surface area contributed by atoms with Crippen LogP contribution in [-0.4, -0.2) is 18.3 Å². The number of hydrogen-bond acceptors (Lipinski definition) is 3. The summed E-state index contributed by atoms with van der Waals surface area (Å²) in [6.45, 7) is 9.37. The van der Waals surface area contributed by atoms with Crippen LogP contribution in [-0.2, 0) is 9.31 Å². The Labute approximate surface area is 124 Å². The summed E-state index contributed by atoms with van der Waals surface area (Å²) >= 11 is 6.09. The Morgan fingerprint density at radius 1 is 1.20 bits per heavy atom. The molecule has 2 N–H and O–H groups in total. The van der Waals surface area contributed by atoms with E-state index in [2.05, 4.69) is 0 Å². The molecule has 20 heavy (non-hydrogen) atoms. The number of nitrogens with two attached hydrogens (primary N) is 1. The lowest BCUT2D eigenvalue weighted by Gasteiger charge is -2.32. The van der Waals surface area contributed by atoms with E-state index in [0.717, 1.165) is 0 Å². The molecule has 1 heterocycles. The Hall–Kier alpha value is -0.615. The molecule has 1 aliphatic heterocycles. The van der Waals surface area contributed by atoms with Crippen LogP contribution in [0.25, 0.3) is 0 Å². The molecule has 0 aromatic heterocycles. The third kappa shape index (κ3) is 2.48. The van der Waals surface area contributed by atoms with Crippen LogP contribution < -0.4 is 5.73 Å². The molecule has 1 aliphatic rings. The van der Waals surface area contributed by atoms with E-state index < -0.39 is 30.1 Å². The quantitative estimate of drug-likeness (QED) is 0.851. The molecule has 6 heteroatoms. The van der Waals surface area contributed by atoms with Crippen molar-refractivity contribution in [1.29, 1.82) is 0 Å². The molecular formula is C14H20BClFNO2. The topological polar surface area (TPSA) is 44.5 Å². The fourth-order valence-electron chi connectivity index (χ4n) is 2.16. The monoisotopic (exact) mass is 299 g/mol. The molecule has 0 unspecified atom stereocenters. The lowest BCUT2D eigenvalue weighted by molar-refractivity contribution is 0.00578. The third-order valence-electron chi connectivity index (χ3n) is 4.22. The summed E-state index contributed by atoms with van der Waals surface area (Å²) in [7, 11) is -0.728. The van der Waals surface area contributed by atoms with Crippen molar-refractivity contribution in [1.82, 2.24) is 0 Å². The van der Waals surface area contributed by atoms with Crippen LogP contribution >= 0.6 is 11.6 Å². The SMILES string of the molecule is Cc1ccc(Cl)c([C@H](N)B2OC(C)(C)C(C)(C)O2)c1F. The Bertz CT molecular complexity index is 520. The highest BCUT2D eigenvalue weighted by molar-refractivity contribution is 6.48. The molecule has 0 amide bonds. The van der Waals surface area contributed by atoms with Crippen LogP contribution in [0.4, 0.5) is 4.39 Å². The summed E-state index contributed by atoms with van der Waals surface area (Å²) < 4.78 is 26.0. The van der Waals surface area contributed by atoms with Crippen LogP contribution in [0.15, 0.2) is 12.1 Å². The molecule has 1 atom stereocenters. The van der Waals surface area contributed by atoms with Gasteiger partial charge in [0.25, 0.3) is 0 Å². The standard InChI is InChI=1S/C14H20BClFNO2/c1-8-6-7-9(16)10(11(8)17)12(18)15-19-13(2,3)14(4,5)20-15/h6-7,12H,18H2,1-5H3/t12-/m0/s1. The molecule has 0 spiro atoms. The smallest absolute Gasteiger partial charge is 0.402 e. The highest BCUT2D eigenvalue weighted by Crippen LogP contribution is 2.41. The molecule has 1 aromatic rings. The first-order chi connectivity index (χ1) is 9.07. The molecular weight excluding hydrogens is 279 g/mol. The largest absolute Gasteiger partial charge is 0.480 e. The molecule has 110 valence electrons. The Morgan fingerprint density at radius 3 is 2.20 bits per heavy atom. The summed E-state index contributed by atoms with van der Waals surface area (Å²) in [6.07, 6.45) is 0. The van der Waals surface area contributed by atoms with Gasteiger partial charge < -0.3 is 15.0 Å². The minimum atomic E-state index is -0.775. The number of aryl methyl sites for hydroxylation is 1. The number of rotatable bonds is 2.